The van der Waals surface area contributed by atoms with E-state index in [0.717, 1.165) is 29.7 Å². The lowest BCUT2D eigenvalue weighted by Crippen LogP contribution is -2.50. The molecular formula is C17H20F2N6O. The Bertz CT molecular complexity index is 772. The predicted molar refractivity (Wildman–Crippen MR) is 95.5 cm³/mol. The normalized spacial score (nSPS) is 14.3. The van der Waals surface area contributed by atoms with E-state index >= 15 is 0 Å². The van der Waals surface area contributed by atoms with Crippen molar-refractivity contribution in [1.82, 2.24) is 15.1 Å². The molecule has 1 saturated heterocycles. The molecule has 0 bridgehead atoms. The second kappa shape index (κ2) is 7.51. The van der Waals surface area contributed by atoms with E-state index in [-0.39, 0.29) is 11.7 Å². The van der Waals surface area contributed by atoms with E-state index in [1.165, 1.54) is 0 Å². The summed E-state index contributed by atoms with van der Waals surface area (Å²) in [4.78, 5) is 17.9. The smallest absolute Gasteiger partial charge is 0.321 e. The third-order valence-corrected chi connectivity index (χ3v) is 4.15. The largest absolute Gasteiger partial charge is 0.376 e. The first kappa shape index (κ1) is 17.8. The first-order valence-electron chi connectivity index (χ1n) is 8.19. The van der Waals surface area contributed by atoms with Crippen LogP contribution in [0.15, 0.2) is 30.5 Å². The summed E-state index contributed by atoms with van der Waals surface area (Å²) in [5, 5.41) is 10.7. The number of rotatable bonds is 3. The van der Waals surface area contributed by atoms with Crippen LogP contribution in [-0.2, 0) is 0 Å². The fourth-order valence-corrected chi connectivity index (χ4v) is 2.71. The van der Waals surface area contributed by atoms with Crippen molar-refractivity contribution in [3.05, 3.63) is 42.1 Å². The lowest BCUT2D eigenvalue weighted by molar-refractivity contribution is 0.208. The lowest BCUT2D eigenvalue weighted by atomic mass is 10.3. The molecule has 0 saturated carbocycles. The van der Waals surface area contributed by atoms with Gasteiger partial charge in [-0.15, -0.1) is 5.10 Å². The number of benzene rings is 1. The number of hydrogen-bond donors (Lipinski definition) is 1. The van der Waals surface area contributed by atoms with Crippen LogP contribution in [0.2, 0.25) is 0 Å². The molecule has 2 aromatic rings. The fourth-order valence-electron chi connectivity index (χ4n) is 2.71. The molecule has 1 N–H and O–H groups in total. The Balaban J connectivity index is 1.59. The van der Waals surface area contributed by atoms with Gasteiger partial charge in [-0.3, -0.25) is 0 Å². The van der Waals surface area contributed by atoms with E-state index in [9.17, 15) is 13.6 Å². The molecular weight excluding hydrogens is 342 g/mol. The lowest BCUT2D eigenvalue weighted by Gasteiger charge is -2.35. The number of hydrogen-bond acceptors (Lipinski definition) is 5. The topological polar surface area (TPSA) is 64.6 Å². The molecule has 1 aliphatic heterocycles. The zero-order valence-electron chi connectivity index (χ0n) is 14.6. The Morgan fingerprint density at radius 2 is 1.73 bits per heavy atom. The van der Waals surface area contributed by atoms with Gasteiger partial charge in [-0.05, 0) is 12.1 Å². The van der Waals surface area contributed by atoms with E-state index in [1.54, 1.807) is 11.1 Å². The van der Waals surface area contributed by atoms with Crippen molar-refractivity contribution in [2.75, 3.05) is 55.4 Å². The average molecular weight is 362 g/mol. The van der Waals surface area contributed by atoms with Gasteiger partial charge in [-0.2, -0.15) is 5.10 Å². The Morgan fingerprint density at radius 1 is 1.08 bits per heavy atom. The van der Waals surface area contributed by atoms with Gasteiger partial charge in [0.25, 0.3) is 0 Å². The van der Waals surface area contributed by atoms with Gasteiger partial charge in [0.2, 0.25) is 0 Å². The van der Waals surface area contributed by atoms with Crippen LogP contribution in [0.1, 0.15) is 0 Å². The van der Waals surface area contributed by atoms with Crippen LogP contribution in [-0.4, -0.2) is 61.4 Å². The van der Waals surface area contributed by atoms with Gasteiger partial charge in [0.15, 0.2) is 5.82 Å². The summed E-state index contributed by atoms with van der Waals surface area (Å²) in [5.41, 5.74) is 1.04. The number of urea groups is 1. The molecule has 138 valence electrons. The van der Waals surface area contributed by atoms with Crippen molar-refractivity contribution in [2.45, 2.75) is 0 Å². The van der Waals surface area contributed by atoms with Crippen LogP contribution in [0.4, 0.5) is 30.8 Å². The Labute approximate surface area is 150 Å². The molecule has 0 unspecified atom stereocenters. The molecule has 26 heavy (non-hydrogen) atoms. The monoisotopic (exact) mass is 362 g/mol. The molecule has 9 heteroatoms. The summed E-state index contributed by atoms with van der Waals surface area (Å²) in [6, 6.07) is 4.48. The molecule has 2 heterocycles. The van der Waals surface area contributed by atoms with E-state index in [1.807, 2.05) is 30.0 Å². The number of carbonyl (C=O) groups is 1. The van der Waals surface area contributed by atoms with E-state index in [4.69, 9.17) is 0 Å². The fraction of sp³-hybridized carbons (Fsp3) is 0.353. The van der Waals surface area contributed by atoms with Crippen LogP contribution in [0.25, 0.3) is 0 Å². The maximum atomic E-state index is 13.2. The molecule has 0 aliphatic carbocycles. The minimum absolute atomic E-state index is 0.0967. The molecule has 2 amide bonds. The van der Waals surface area contributed by atoms with Gasteiger partial charge in [0, 0.05) is 58.1 Å². The summed E-state index contributed by atoms with van der Waals surface area (Å²) >= 11 is 0. The first-order valence-corrected chi connectivity index (χ1v) is 8.19. The summed E-state index contributed by atoms with van der Waals surface area (Å²) in [5.74, 6) is -0.711. The molecule has 1 aliphatic rings. The van der Waals surface area contributed by atoms with Gasteiger partial charge in [-0.1, -0.05) is 0 Å². The van der Waals surface area contributed by atoms with Crippen LogP contribution < -0.4 is 15.1 Å². The number of anilines is 3. The van der Waals surface area contributed by atoms with Crippen LogP contribution in [0.3, 0.4) is 0 Å². The van der Waals surface area contributed by atoms with Crippen LogP contribution >= 0.6 is 0 Å². The number of nitrogens with one attached hydrogen (secondary N) is 1. The number of aromatic nitrogens is 2. The molecule has 1 aromatic carbocycles. The van der Waals surface area contributed by atoms with Crippen molar-refractivity contribution in [3.63, 3.8) is 0 Å². The van der Waals surface area contributed by atoms with E-state index < -0.39 is 11.6 Å². The van der Waals surface area contributed by atoms with Gasteiger partial charge in [0.05, 0.1) is 11.9 Å². The minimum Gasteiger partial charge on any atom is -0.376 e. The zero-order chi connectivity index (χ0) is 18.7. The number of amides is 2. The van der Waals surface area contributed by atoms with Gasteiger partial charge >= 0.3 is 6.03 Å². The SMILES string of the molecule is CN(C)c1cnnc(N2CCN(C(=O)Nc3cc(F)cc(F)c3)CC2)c1. The Morgan fingerprint density at radius 3 is 2.35 bits per heavy atom. The second-order valence-electron chi connectivity index (χ2n) is 6.23. The molecule has 1 fully saturated rings. The summed E-state index contributed by atoms with van der Waals surface area (Å²) < 4.78 is 26.4. The molecule has 7 nitrogen and oxygen atoms in total. The number of piperazine rings is 1. The number of carbonyl (C=O) groups excluding carboxylic acids is 1. The molecule has 1 aromatic heterocycles. The van der Waals surface area contributed by atoms with Crippen molar-refractivity contribution >= 4 is 23.2 Å². The van der Waals surface area contributed by atoms with Crippen LogP contribution in [0.5, 0.6) is 0 Å². The highest BCUT2D eigenvalue weighted by Gasteiger charge is 2.22. The number of nitrogens with zero attached hydrogens (tertiary/aromatic N) is 5. The van der Waals surface area contributed by atoms with Crippen molar-refractivity contribution in [2.24, 2.45) is 0 Å². The molecule has 0 atom stereocenters. The summed E-state index contributed by atoms with van der Waals surface area (Å²) in [7, 11) is 3.86. The highest BCUT2D eigenvalue weighted by atomic mass is 19.1. The highest BCUT2D eigenvalue weighted by molar-refractivity contribution is 5.89. The third kappa shape index (κ3) is 4.16. The average Bonchev–Trinajstić information content (AvgIpc) is 2.61. The summed E-state index contributed by atoms with van der Waals surface area (Å²) in [6.07, 6.45) is 1.69. The standard InChI is InChI=1S/C17H20F2N6O/c1-23(2)15-10-16(22-20-11-15)24-3-5-25(6-4-24)17(26)21-14-8-12(18)7-13(19)9-14/h7-11H,3-6H2,1-2H3,(H,21,26). The molecule has 3 rings (SSSR count). The van der Waals surface area contributed by atoms with E-state index in [2.05, 4.69) is 15.5 Å². The van der Waals surface area contributed by atoms with Crippen molar-refractivity contribution in [3.8, 4) is 0 Å². The Kier molecular flexibility index (Phi) is 5.15. The minimum atomic E-state index is -0.732. The van der Waals surface area contributed by atoms with Gasteiger partial charge in [-0.25, -0.2) is 13.6 Å². The number of halogens is 2. The van der Waals surface area contributed by atoms with E-state index in [0.29, 0.717) is 26.2 Å². The van der Waals surface area contributed by atoms with Gasteiger partial charge in [0.1, 0.15) is 11.6 Å². The molecule has 0 radical (unpaired) electrons. The zero-order valence-corrected chi connectivity index (χ0v) is 14.6. The van der Waals surface area contributed by atoms with Crippen molar-refractivity contribution < 1.29 is 13.6 Å². The second-order valence-corrected chi connectivity index (χ2v) is 6.23. The molecule has 0 spiro atoms. The predicted octanol–water partition coefficient (Wildman–Crippen LogP) is 2.17. The highest BCUT2D eigenvalue weighted by Crippen LogP contribution is 2.19. The third-order valence-electron chi connectivity index (χ3n) is 4.15. The summed E-state index contributed by atoms with van der Waals surface area (Å²) in [6.45, 7) is 2.13. The maximum absolute atomic E-state index is 13.2. The van der Waals surface area contributed by atoms with Crippen molar-refractivity contribution in [1.29, 1.82) is 0 Å². The van der Waals surface area contributed by atoms with Gasteiger partial charge < -0.3 is 20.0 Å². The Hall–Kier alpha value is -2.97. The quantitative estimate of drug-likeness (QED) is 0.907. The first-order chi connectivity index (χ1) is 12.4. The van der Waals surface area contributed by atoms with Crippen LogP contribution in [0, 0.1) is 11.6 Å². The maximum Gasteiger partial charge on any atom is 0.321 e.